The maximum Gasteiger partial charge on any atom is 0.338 e. The van der Waals surface area contributed by atoms with Crippen molar-refractivity contribution in [2.45, 2.75) is 25.3 Å². The first kappa shape index (κ1) is 25.0. The predicted octanol–water partition coefficient (Wildman–Crippen LogP) is 7.83. The van der Waals surface area contributed by atoms with Crippen LogP contribution in [0.3, 0.4) is 0 Å². The highest BCUT2D eigenvalue weighted by atomic mass is 35.5. The van der Waals surface area contributed by atoms with Crippen LogP contribution >= 0.6 is 11.6 Å². The number of Topliss-reactive ketones (excluding diaryl/α,β-unsaturated/α-hetero) is 1. The van der Waals surface area contributed by atoms with Gasteiger partial charge in [-0.3, -0.25) is 4.79 Å². The molecule has 1 unspecified atom stereocenters. The van der Waals surface area contributed by atoms with Crippen LogP contribution in [0.4, 0.5) is 0 Å². The minimum absolute atomic E-state index is 0.00252. The molecule has 0 N–H and O–H groups in total. The zero-order valence-corrected chi connectivity index (χ0v) is 22.2. The molecule has 0 saturated carbocycles. The molecule has 6 rings (SSSR count). The van der Waals surface area contributed by atoms with Gasteiger partial charge in [-0.1, -0.05) is 66.2 Å². The Morgan fingerprint density at radius 2 is 1.64 bits per heavy atom. The van der Waals surface area contributed by atoms with Crippen LogP contribution in [0.2, 0.25) is 5.02 Å². The van der Waals surface area contributed by atoms with Crippen LogP contribution in [0, 0.1) is 0 Å². The highest BCUT2D eigenvalue weighted by Gasteiger charge is 2.34. The van der Waals surface area contributed by atoms with E-state index < -0.39 is 5.97 Å². The van der Waals surface area contributed by atoms with Gasteiger partial charge in [0.2, 0.25) is 0 Å². The highest BCUT2D eigenvalue weighted by molar-refractivity contribution is 6.30. The van der Waals surface area contributed by atoms with E-state index in [-0.39, 0.29) is 11.7 Å². The van der Waals surface area contributed by atoms with Gasteiger partial charge >= 0.3 is 5.97 Å². The molecule has 4 aromatic carbocycles. The van der Waals surface area contributed by atoms with Gasteiger partial charge in [0.15, 0.2) is 5.78 Å². The van der Waals surface area contributed by atoms with E-state index in [1.54, 1.807) is 6.07 Å². The normalized spacial score (nSPS) is 14.7. The van der Waals surface area contributed by atoms with Crippen LogP contribution in [0.25, 0.3) is 10.9 Å². The number of carbonyl (C=O) groups excluding carboxylic acids is 2. The number of carbonyl (C=O) groups is 2. The fraction of sp³-hybridized carbons (Fsp3) is 0.152. The maximum atomic E-state index is 13.8. The number of para-hydroxylation sites is 2. The maximum absolute atomic E-state index is 13.8. The minimum Gasteiger partial charge on any atom is -0.465 e. The van der Waals surface area contributed by atoms with Crippen LogP contribution in [0.5, 0.6) is 11.5 Å². The lowest BCUT2D eigenvalue weighted by molar-refractivity contribution is 0.0603. The van der Waals surface area contributed by atoms with Gasteiger partial charge in [-0.25, -0.2) is 4.79 Å². The van der Waals surface area contributed by atoms with Crippen LogP contribution < -0.4 is 4.74 Å². The summed E-state index contributed by atoms with van der Waals surface area (Å²) >= 11 is 6.14. The summed E-state index contributed by atoms with van der Waals surface area (Å²) in [5.41, 5.74) is 4.77. The molecule has 0 saturated heterocycles. The smallest absolute Gasteiger partial charge is 0.338 e. The van der Waals surface area contributed by atoms with E-state index in [9.17, 15) is 9.59 Å². The fourth-order valence-corrected chi connectivity index (χ4v) is 5.67. The van der Waals surface area contributed by atoms with Gasteiger partial charge in [0, 0.05) is 33.7 Å². The van der Waals surface area contributed by atoms with E-state index in [0.29, 0.717) is 40.9 Å². The lowest BCUT2D eigenvalue weighted by Crippen LogP contribution is -2.21. The lowest BCUT2D eigenvalue weighted by atomic mass is 9.81. The molecule has 0 aliphatic heterocycles. The Kier molecular flexibility index (Phi) is 6.67. The number of aromatic nitrogens is 1. The Balaban J connectivity index is 1.50. The Labute approximate surface area is 231 Å². The fourth-order valence-electron chi connectivity index (χ4n) is 5.55. The molecule has 5 nitrogen and oxygen atoms in total. The summed E-state index contributed by atoms with van der Waals surface area (Å²) in [7, 11) is 1.36. The van der Waals surface area contributed by atoms with Crippen LogP contribution in [0.1, 0.15) is 49.9 Å². The van der Waals surface area contributed by atoms with Gasteiger partial charge < -0.3 is 14.0 Å². The molecule has 1 heterocycles. The van der Waals surface area contributed by atoms with Crippen molar-refractivity contribution in [2.24, 2.45) is 0 Å². The van der Waals surface area contributed by atoms with Crippen LogP contribution in [0.15, 0.2) is 97.1 Å². The van der Waals surface area contributed by atoms with Gasteiger partial charge in [-0.15, -0.1) is 0 Å². The second-order valence-electron chi connectivity index (χ2n) is 9.70. The van der Waals surface area contributed by atoms with Gasteiger partial charge in [-0.2, -0.15) is 0 Å². The first-order valence-corrected chi connectivity index (χ1v) is 13.2. The van der Waals surface area contributed by atoms with E-state index >= 15 is 0 Å². The minimum atomic E-state index is -0.457. The summed E-state index contributed by atoms with van der Waals surface area (Å²) in [6.45, 7) is 0.472. The van der Waals surface area contributed by atoms with Crippen molar-refractivity contribution in [1.29, 1.82) is 0 Å². The average Bonchev–Trinajstić information content (AvgIpc) is 3.28. The van der Waals surface area contributed by atoms with Crippen LogP contribution in [-0.2, 0) is 17.7 Å². The number of hydrogen-bond acceptors (Lipinski definition) is 4. The van der Waals surface area contributed by atoms with Crippen molar-refractivity contribution in [3.63, 3.8) is 0 Å². The second-order valence-corrected chi connectivity index (χ2v) is 10.1. The quantitative estimate of drug-likeness (QED) is 0.208. The van der Waals surface area contributed by atoms with E-state index in [2.05, 4.69) is 4.57 Å². The predicted molar refractivity (Wildman–Crippen MR) is 152 cm³/mol. The van der Waals surface area contributed by atoms with E-state index in [4.69, 9.17) is 21.1 Å². The van der Waals surface area contributed by atoms with Gasteiger partial charge in [0.25, 0.3) is 0 Å². The monoisotopic (exact) mass is 535 g/mol. The Bertz CT molecular complexity index is 1690. The molecule has 6 heteroatoms. The third kappa shape index (κ3) is 4.70. The van der Waals surface area contributed by atoms with Crippen LogP contribution in [-0.4, -0.2) is 23.4 Å². The number of fused-ring (bicyclic) bond motifs is 3. The highest BCUT2D eigenvalue weighted by Crippen LogP contribution is 2.41. The SMILES string of the molecule is COC(=O)c1cccc2c1c1c(n2Cc2ccccc2Oc2ccccc2)CC(c2ccc(Cl)cc2)CC1=O. The first-order chi connectivity index (χ1) is 19.0. The number of methoxy groups -OCH3 is 1. The molecule has 1 aliphatic rings. The molecular formula is C33H26ClNO4. The Morgan fingerprint density at radius 1 is 0.897 bits per heavy atom. The lowest BCUT2D eigenvalue weighted by Gasteiger charge is -2.24. The zero-order valence-electron chi connectivity index (χ0n) is 21.4. The summed E-state index contributed by atoms with van der Waals surface area (Å²) in [6, 6.07) is 30.8. The van der Waals surface area contributed by atoms with Crippen molar-refractivity contribution >= 4 is 34.3 Å². The van der Waals surface area contributed by atoms with Gasteiger partial charge in [0.1, 0.15) is 11.5 Å². The number of ether oxygens (including phenoxy) is 2. The standard InChI is InChI=1S/C33H26ClNO4/c1-38-33(37)26-11-7-12-27-31(26)32-28(18-23(19-29(32)36)21-14-16-24(34)17-15-21)35(27)20-22-8-5-6-13-30(22)39-25-9-3-2-4-10-25/h2-17,23H,18-20H2,1H3. The number of halogens is 1. The van der Waals surface area contributed by atoms with Gasteiger partial charge in [0.05, 0.1) is 24.7 Å². The van der Waals surface area contributed by atoms with E-state index in [1.165, 1.54) is 7.11 Å². The van der Waals surface area contributed by atoms with E-state index in [0.717, 1.165) is 33.8 Å². The molecule has 194 valence electrons. The second kappa shape index (κ2) is 10.4. The molecule has 1 atom stereocenters. The Hall–Kier alpha value is -4.35. The summed E-state index contributed by atoms with van der Waals surface area (Å²) in [4.78, 5) is 26.6. The molecule has 0 bridgehead atoms. The summed E-state index contributed by atoms with van der Waals surface area (Å²) in [5.74, 6) is 1.05. The van der Waals surface area contributed by atoms with Crippen molar-refractivity contribution in [3.8, 4) is 11.5 Å². The number of rotatable bonds is 6. The zero-order chi connectivity index (χ0) is 26.9. The van der Waals surface area contributed by atoms with Crippen molar-refractivity contribution in [1.82, 2.24) is 4.57 Å². The molecule has 5 aromatic rings. The third-order valence-corrected chi connectivity index (χ3v) is 7.62. The third-order valence-electron chi connectivity index (χ3n) is 7.37. The first-order valence-electron chi connectivity index (χ1n) is 12.9. The van der Waals surface area contributed by atoms with Crippen molar-refractivity contribution < 1.29 is 19.1 Å². The molecule has 39 heavy (non-hydrogen) atoms. The average molecular weight is 536 g/mol. The largest absolute Gasteiger partial charge is 0.465 e. The Morgan fingerprint density at radius 3 is 2.41 bits per heavy atom. The molecular weight excluding hydrogens is 510 g/mol. The van der Waals surface area contributed by atoms with Crippen molar-refractivity contribution in [2.75, 3.05) is 7.11 Å². The molecule has 0 fully saturated rings. The molecule has 0 amide bonds. The number of nitrogens with zero attached hydrogens (tertiary/aromatic N) is 1. The number of esters is 1. The summed E-state index contributed by atoms with van der Waals surface area (Å²) < 4.78 is 13.5. The number of benzene rings is 4. The molecule has 1 aromatic heterocycles. The summed E-state index contributed by atoms with van der Waals surface area (Å²) in [5, 5.41) is 1.31. The summed E-state index contributed by atoms with van der Waals surface area (Å²) in [6.07, 6.45) is 1.01. The van der Waals surface area contributed by atoms with Crippen molar-refractivity contribution in [3.05, 3.63) is 130 Å². The number of hydrogen-bond donors (Lipinski definition) is 0. The molecule has 0 radical (unpaired) electrons. The number of ketones is 1. The molecule has 1 aliphatic carbocycles. The topological polar surface area (TPSA) is 57.5 Å². The van der Waals surface area contributed by atoms with E-state index in [1.807, 2.05) is 91.0 Å². The van der Waals surface area contributed by atoms with Gasteiger partial charge in [-0.05, 0) is 60.4 Å². The molecule has 0 spiro atoms.